The highest BCUT2D eigenvalue weighted by atomic mass is 16.5. The quantitative estimate of drug-likeness (QED) is 0.662. The fourth-order valence-electron chi connectivity index (χ4n) is 3.62. The van der Waals surface area contributed by atoms with Gasteiger partial charge in [-0.15, -0.1) is 0 Å². The molecule has 0 bridgehead atoms. The molecule has 0 spiro atoms. The Hall–Kier alpha value is -2.32. The second-order valence-corrected chi connectivity index (χ2v) is 6.96. The number of likely N-dealkylation sites (tertiary alicyclic amines) is 1. The summed E-state index contributed by atoms with van der Waals surface area (Å²) in [7, 11) is 3.13. The minimum absolute atomic E-state index is 0.0640. The van der Waals surface area contributed by atoms with Crippen molar-refractivity contribution in [3.63, 3.8) is 0 Å². The first kappa shape index (κ1) is 22.0. The summed E-state index contributed by atoms with van der Waals surface area (Å²) < 4.78 is 10.5. The van der Waals surface area contributed by atoms with Gasteiger partial charge in [-0.2, -0.15) is 0 Å². The average Bonchev–Trinajstić information content (AvgIpc) is 2.71. The summed E-state index contributed by atoms with van der Waals surface area (Å²) in [6.07, 6.45) is 1.70. The van der Waals surface area contributed by atoms with E-state index >= 15 is 0 Å². The number of hydrogen-bond donors (Lipinski definition) is 2. The molecule has 0 aliphatic carbocycles. The van der Waals surface area contributed by atoms with Crippen molar-refractivity contribution in [2.45, 2.75) is 38.8 Å². The van der Waals surface area contributed by atoms with E-state index in [0.29, 0.717) is 23.7 Å². The van der Waals surface area contributed by atoms with Gasteiger partial charge in [-0.05, 0) is 38.4 Å². The van der Waals surface area contributed by atoms with Crippen molar-refractivity contribution in [1.29, 1.82) is 0 Å². The van der Waals surface area contributed by atoms with Gasteiger partial charge in [0, 0.05) is 25.2 Å². The number of benzene rings is 1. The fourth-order valence-corrected chi connectivity index (χ4v) is 3.62. The zero-order valence-electron chi connectivity index (χ0n) is 17.1. The van der Waals surface area contributed by atoms with E-state index in [2.05, 4.69) is 10.2 Å². The Balaban J connectivity index is 1.93. The predicted molar refractivity (Wildman–Crippen MR) is 107 cm³/mol. The molecule has 1 aromatic carbocycles. The van der Waals surface area contributed by atoms with Crippen molar-refractivity contribution in [2.75, 3.05) is 45.7 Å². The van der Waals surface area contributed by atoms with Gasteiger partial charge in [0.25, 0.3) is 0 Å². The van der Waals surface area contributed by atoms with Crippen LogP contribution in [0.5, 0.6) is 11.5 Å². The molecule has 1 unspecified atom stereocenters. The number of carbonyl (C=O) groups excluding carboxylic acids is 1. The number of ether oxygens (including phenoxy) is 2. The molecule has 1 fully saturated rings. The number of aliphatic carboxylic acids is 1. The summed E-state index contributed by atoms with van der Waals surface area (Å²) in [5.74, 6) is 0.308. The summed E-state index contributed by atoms with van der Waals surface area (Å²) in [5, 5.41) is 12.0. The number of carbonyl (C=O) groups is 2. The lowest BCUT2D eigenvalue weighted by Crippen LogP contribution is -2.51. The van der Waals surface area contributed by atoms with E-state index in [1.54, 1.807) is 32.4 Å². The minimum Gasteiger partial charge on any atom is -0.497 e. The first-order valence-electron chi connectivity index (χ1n) is 9.62. The third-order valence-corrected chi connectivity index (χ3v) is 5.35. The van der Waals surface area contributed by atoms with Gasteiger partial charge in [0.15, 0.2) is 0 Å². The zero-order valence-corrected chi connectivity index (χ0v) is 17.1. The number of amides is 1. The Morgan fingerprint density at radius 1 is 1.29 bits per heavy atom. The molecule has 1 heterocycles. The van der Waals surface area contributed by atoms with Gasteiger partial charge in [-0.3, -0.25) is 19.4 Å². The fraction of sp³-hybridized carbons (Fsp3) is 0.600. The monoisotopic (exact) mass is 393 g/mol. The maximum Gasteiger partial charge on any atom is 0.317 e. The third-order valence-electron chi connectivity index (χ3n) is 5.35. The molecule has 1 atom stereocenters. The number of methoxy groups -OCH3 is 2. The highest BCUT2D eigenvalue weighted by Gasteiger charge is 2.29. The Bertz CT molecular complexity index is 674. The predicted octanol–water partition coefficient (Wildman–Crippen LogP) is 1.90. The molecule has 1 amide bonds. The maximum atomic E-state index is 12.7. The Kier molecular flexibility index (Phi) is 8.07. The SMILES string of the molecule is CCN(CC(=O)O)C1CCN(C(C)C(=O)Nc2ccc(OC)cc2OC)CC1. The first-order chi connectivity index (χ1) is 13.4. The van der Waals surface area contributed by atoms with Crippen LogP contribution in [0.15, 0.2) is 18.2 Å². The number of carboxylic acids is 1. The van der Waals surface area contributed by atoms with E-state index in [1.807, 2.05) is 18.7 Å². The molecule has 156 valence electrons. The molecule has 0 saturated carbocycles. The van der Waals surface area contributed by atoms with Crippen molar-refractivity contribution in [3.05, 3.63) is 18.2 Å². The maximum absolute atomic E-state index is 12.7. The van der Waals surface area contributed by atoms with Gasteiger partial charge in [-0.1, -0.05) is 6.92 Å². The van der Waals surface area contributed by atoms with Gasteiger partial charge >= 0.3 is 5.97 Å². The van der Waals surface area contributed by atoms with Gasteiger partial charge in [0.2, 0.25) is 5.91 Å². The van der Waals surface area contributed by atoms with Crippen LogP contribution in [0.3, 0.4) is 0 Å². The van der Waals surface area contributed by atoms with Crippen molar-refractivity contribution in [1.82, 2.24) is 9.80 Å². The zero-order chi connectivity index (χ0) is 20.7. The van der Waals surface area contributed by atoms with Crippen LogP contribution in [-0.2, 0) is 9.59 Å². The number of likely N-dealkylation sites (N-methyl/N-ethyl adjacent to an activating group) is 1. The first-order valence-corrected chi connectivity index (χ1v) is 9.62. The summed E-state index contributed by atoms with van der Waals surface area (Å²) in [6.45, 7) is 6.16. The van der Waals surface area contributed by atoms with Crippen LogP contribution in [0.2, 0.25) is 0 Å². The average molecular weight is 393 g/mol. The molecule has 2 N–H and O–H groups in total. The van der Waals surface area contributed by atoms with E-state index in [9.17, 15) is 9.59 Å². The van der Waals surface area contributed by atoms with Gasteiger partial charge in [-0.25, -0.2) is 0 Å². The lowest BCUT2D eigenvalue weighted by atomic mass is 10.0. The standard InChI is InChI=1S/C20H31N3O5/c1-5-22(13-19(24)25)15-8-10-23(11-9-15)14(2)20(26)21-17-7-6-16(27-3)12-18(17)28-4/h6-7,12,14-15H,5,8-11,13H2,1-4H3,(H,21,26)(H,24,25). The number of hydrogen-bond acceptors (Lipinski definition) is 6. The normalized spacial score (nSPS) is 16.6. The second-order valence-electron chi connectivity index (χ2n) is 6.96. The smallest absolute Gasteiger partial charge is 0.317 e. The molecule has 2 rings (SSSR count). The van der Waals surface area contributed by atoms with Crippen molar-refractivity contribution in [2.24, 2.45) is 0 Å². The molecular formula is C20H31N3O5. The van der Waals surface area contributed by atoms with E-state index in [-0.39, 0.29) is 24.5 Å². The van der Waals surface area contributed by atoms with Gasteiger partial charge in [0.1, 0.15) is 11.5 Å². The number of piperidine rings is 1. The molecule has 8 heteroatoms. The van der Waals surface area contributed by atoms with Crippen LogP contribution in [0.4, 0.5) is 5.69 Å². The molecule has 1 aliphatic rings. The Morgan fingerprint density at radius 3 is 2.50 bits per heavy atom. The van der Waals surface area contributed by atoms with Crippen molar-refractivity contribution < 1.29 is 24.2 Å². The van der Waals surface area contributed by atoms with Crippen LogP contribution in [-0.4, -0.2) is 79.3 Å². The van der Waals surface area contributed by atoms with Crippen LogP contribution < -0.4 is 14.8 Å². The van der Waals surface area contributed by atoms with Crippen LogP contribution in [0, 0.1) is 0 Å². The highest BCUT2D eigenvalue weighted by molar-refractivity contribution is 5.96. The Morgan fingerprint density at radius 2 is 1.96 bits per heavy atom. The summed E-state index contributed by atoms with van der Waals surface area (Å²) in [4.78, 5) is 27.9. The molecule has 1 aliphatic heterocycles. The summed E-state index contributed by atoms with van der Waals surface area (Å²) >= 11 is 0. The third kappa shape index (κ3) is 5.59. The van der Waals surface area contributed by atoms with Gasteiger partial charge in [0.05, 0.1) is 32.5 Å². The van der Waals surface area contributed by atoms with Crippen LogP contribution in [0.25, 0.3) is 0 Å². The summed E-state index contributed by atoms with van der Waals surface area (Å²) in [6, 6.07) is 5.22. The van der Waals surface area contributed by atoms with E-state index in [1.165, 1.54) is 0 Å². The second kappa shape index (κ2) is 10.3. The van der Waals surface area contributed by atoms with Gasteiger partial charge < -0.3 is 19.9 Å². The molecule has 8 nitrogen and oxygen atoms in total. The van der Waals surface area contributed by atoms with E-state index in [4.69, 9.17) is 14.6 Å². The number of carboxylic acid groups (broad SMARTS) is 1. The number of anilines is 1. The number of nitrogens with one attached hydrogen (secondary N) is 1. The molecular weight excluding hydrogens is 362 g/mol. The van der Waals surface area contributed by atoms with Crippen molar-refractivity contribution in [3.8, 4) is 11.5 Å². The molecule has 0 radical (unpaired) electrons. The van der Waals surface area contributed by atoms with Crippen LogP contribution in [0.1, 0.15) is 26.7 Å². The van der Waals surface area contributed by atoms with E-state index < -0.39 is 5.97 Å². The molecule has 1 saturated heterocycles. The van der Waals surface area contributed by atoms with E-state index in [0.717, 1.165) is 25.9 Å². The van der Waals surface area contributed by atoms with Crippen LogP contribution >= 0.6 is 0 Å². The van der Waals surface area contributed by atoms with Crippen molar-refractivity contribution >= 4 is 17.6 Å². The molecule has 1 aromatic rings. The number of rotatable bonds is 9. The summed E-state index contributed by atoms with van der Waals surface area (Å²) in [5.41, 5.74) is 0.605. The largest absolute Gasteiger partial charge is 0.497 e. The topological polar surface area (TPSA) is 91.3 Å². The lowest BCUT2D eigenvalue weighted by molar-refractivity contribution is -0.139. The number of nitrogens with zero attached hydrogens (tertiary/aromatic N) is 2. The highest BCUT2D eigenvalue weighted by Crippen LogP contribution is 2.29. The minimum atomic E-state index is -0.800. The molecule has 28 heavy (non-hydrogen) atoms. The Labute approximate surface area is 166 Å². The lowest BCUT2D eigenvalue weighted by Gasteiger charge is -2.39. The molecule has 0 aromatic heterocycles.